The highest BCUT2D eigenvalue weighted by atomic mass is 35.5. The summed E-state index contributed by atoms with van der Waals surface area (Å²) in [5.41, 5.74) is 3.41. The Kier molecular flexibility index (Phi) is 7.18. The lowest BCUT2D eigenvalue weighted by atomic mass is 10.1. The van der Waals surface area contributed by atoms with Gasteiger partial charge in [0.05, 0.1) is 17.8 Å². The second-order valence-electron chi connectivity index (χ2n) is 6.67. The first kappa shape index (κ1) is 20.5. The number of halogens is 1. The zero-order valence-corrected chi connectivity index (χ0v) is 17.7. The minimum Gasteiger partial charge on any atom is -0.352 e. The fraction of sp³-hybridized carbons (Fsp3) is 0.273. The molecule has 3 rings (SSSR count). The van der Waals surface area contributed by atoms with E-state index in [0.717, 1.165) is 17.7 Å². The molecule has 146 valence electrons. The first-order valence-electron chi connectivity index (χ1n) is 9.29. The van der Waals surface area contributed by atoms with E-state index in [1.165, 1.54) is 10.5 Å². The summed E-state index contributed by atoms with van der Waals surface area (Å²) in [6, 6.07) is 18.5. The van der Waals surface area contributed by atoms with Gasteiger partial charge in [-0.3, -0.25) is 4.79 Å². The van der Waals surface area contributed by atoms with E-state index in [4.69, 9.17) is 11.6 Å². The van der Waals surface area contributed by atoms with E-state index in [1.54, 1.807) is 16.4 Å². The van der Waals surface area contributed by atoms with Gasteiger partial charge in [0.2, 0.25) is 0 Å². The summed E-state index contributed by atoms with van der Waals surface area (Å²) in [5.74, 6) is 0.784. The number of nitrogens with one attached hydrogen (secondary N) is 1. The van der Waals surface area contributed by atoms with Gasteiger partial charge in [0, 0.05) is 11.4 Å². The molecule has 0 aliphatic rings. The van der Waals surface area contributed by atoms with Crippen LogP contribution in [0.2, 0.25) is 5.15 Å². The van der Waals surface area contributed by atoms with Crippen molar-refractivity contribution >= 4 is 29.3 Å². The maximum atomic E-state index is 12.6. The van der Waals surface area contributed by atoms with Gasteiger partial charge in [0.25, 0.3) is 5.91 Å². The summed E-state index contributed by atoms with van der Waals surface area (Å²) >= 11 is 8.25. The molecule has 0 saturated carbocycles. The number of aryl methyl sites for hydroxylation is 2. The average Bonchev–Trinajstić information content (AvgIpc) is 2.97. The first-order valence-corrected chi connectivity index (χ1v) is 10.7. The fourth-order valence-electron chi connectivity index (χ4n) is 2.85. The Balaban J connectivity index is 1.53. The van der Waals surface area contributed by atoms with Crippen LogP contribution >= 0.6 is 23.4 Å². The van der Waals surface area contributed by atoms with Gasteiger partial charge in [0.15, 0.2) is 0 Å². The monoisotopic (exact) mass is 413 g/mol. The number of carbonyl (C=O) groups is 1. The molecule has 0 spiro atoms. The lowest BCUT2D eigenvalue weighted by molar-refractivity contribution is 0.0953. The number of thioether (sulfide) groups is 1. The van der Waals surface area contributed by atoms with Crippen LogP contribution in [-0.4, -0.2) is 28.0 Å². The van der Waals surface area contributed by atoms with Gasteiger partial charge in [0.1, 0.15) is 5.15 Å². The van der Waals surface area contributed by atoms with Crippen LogP contribution in [0.25, 0.3) is 0 Å². The Labute approximate surface area is 175 Å². The molecule has 1 N–H and O–H groups in total. The van der Waals surface area contributed by atoms with Crippen LogP contribution in [0.15, 0.2) is 59.5 Å². The van der Waals surface area contributed by atoms with E-state index in [2.05, 4.69) is 41.6 Å². The quantitative estimate of drug-likeness (QED) is 0.412. The molecule has 0 bridgehead atoms. The molecule has 1 heterocycles. The minimum absolute atomic E-state index is 0.164. The molecule has 0 saturated heterocycles. The lowest BCUT2D eigenvalue weighted by Gasteiger charge is -2.06. The summed E-state index contributed by atoms with van der Waals surface area (Å²) in [7, 11) is 0. The smallest absolute Gasteiger partial charge is 0.256 e. The Morgan fingerprint density at radius 1 is 1.11 bits per heavy atom. The van der Waals surface area contributed by atoms with Crippen molar-refractivity contribution in [3.05, 3.63) is 82.1 Å². The van der Waals surface area contributed by atoms with E-state index >= 15 is 0 Å². The number of rotatable bonds is 8. The molecule has 0 radical (unpaired) electrons. The molecule has 0 aliphatic carbocycles. The van der Waals surface area contributed by atoms with E-state index in [-0.39, 0.29) is 5.91 Å². The van der Waals surface area contributed by atoms with Crippen LogP contribution in [-0.2, 0) is 6.54 Å². The maximum absolute atomic E-state index is 12.6. The van der Waals surface area contributed by atoms with Gasteiger partial charge in [-0.15, -0.1) is 11.8 Å². The van der Waals surface area contributed by atoms with Gasteiger partial charge in [-0.05, 0) is 43.7 Å². The molecule has 0 fully saturated rings. The molecule has 6 heteroatoms. The number of hydrogen-bond acceptors (Lipinski definition) is 3. The molecule has 1 amide bonds. The van der Waals surface area contributed by atoms with E-state index in [1.807, 2.05) is 37.3 Å². The number of benzene rings is 2. The van der Waals surface area contributed by atoms with Crippen molar-refractivity contribution in [1.29, 1.82) is 0 Å². The Bertz CT molecular complexity index is 923. The summed E-state index contributed by atoms with van der Waals surface area (Å²) in [6.07, 6.45) is 0.888. The third kappa shape index (κ3) is 5.40. The Morgan fingerprint density at radius 2 is 1.82 bits per heavy atom. The number of amides is 1. The predicted molar refractivity (Wildman–Crippen MR) is 116 cm³/mol. The highest BCUT2D eigenvalue weighted by Crippen LogP contribution is 2.21. The molecule has 0 atom stereocenters. The van der Waals surface area contributed by atoms with Crippen molar-refractivity contribution in [3.8, 4) is 0 Å². The zero-order chi connectivity index (χ0) is 19.9. The molecular formula is C22H24ClN3OS. The molecule has 2 aromatic carbocycles. The van der Waals surface area contributed by atoms with Crippen molar-refractivity contribution < 1.29 is 4.79 Å². The standard InChI is InChI=1S/C22H24ClN3OS/c1-16-9-11-18(12-10-16)15-26-21(23)20(17(2)25-26)22(27)24-13-6-14-28-19-7-4-3-5-8-19/h3-5,7-12H,6,13-15H2,1-2H3,(H,24,27). The Hall–Kier alpha value is -2.24. The second-order valence-corrected chi connectivity index (χ2v) is 8.19. The van der Waals surface area contributed by atoms with Crippen LogP contribution in [0.5, 0.6) is 0 Å². The van der Waals surface area contributed by atoms with Crippen molar-refractivity contribution in [2.24, 2.45) is 0 Å². The number of nitrogens with zero attached hydrogens (tertiary/aromatic N) is 2. The second kappa shape index (κ2) is 9.80. The van der Waals surface area contributed by atoms with E-state index < -0.39 is 0 Å². The van der Waals surface area contributed by atoms with Gasteiger partial charge in [-0.25, -0.2) is 4.68 Å². The summed E-state index contributed by atoms with van der Waals surface area (Å²) in [5, 5.41) is 7.80. The number of aromatic nitrogens is 2. The Morgan fingerprint density at radius 3 is 2.54 bits per heavy atom. The predicted octanol–water partition coefficient (Wildman–Crippen LogP) is 5.11. The molecule has 0 unspecified atom stereocenters. The number of hydrogen-bond donors (Lipinski definition) is 1. The molecule has 0 aliphatic heterocycles. The highest BCUT2D eigenvalue weighted by Gasteiger charge is 2.20. The molecule has 3 aromatic rings. The summed E-state index contributed by atoms with van der Waals surface area (Å²) in [4.78, 5) is 13.8. The van der Waals surface area contributed by atoms with Crippen LogP contribution in [0.4, 0.5) is 0 Å². The lowest BCUT2D eigenvalue weighted by Crippen LogP contribution is -2.25. The number of carbonyl (C=O) groups excluding carboxylic acids is 1. The fourth-order valence-corrected chi connectivity index (χ4v) is 4.05. The SMILES string of the molecule is Cc1ccc(Cn2nc(C)c(C(=O)NCCCSc3ccccc3)c2Cl)cc1. The van der Waals surface area contributed by atoms with Crippen molar-refractivity contribution in [1.82, 2.24) is 15.1 Å². The minimum atomic E-state index is -0.164. The summed E-state index contributed by atoms with van der Waals surface area (Å²) < 4.78 is 1.68. The molecule has 1 aromatic heterocycles. The average molecular weight is 414 g/mol. The van der Waals surface area contributed by atoms with Gasteiger partial charge in [-0.2, -0.15) is 5.10 Å². The third-order valence-electron chi connectivity index (χ3n) is 4.36. The first-order chi connectivity index (χ1) is 13.5. The van der Waals surface area contributed by atoms with Crippen LogP contribution in [0.3, 0.4) is 0 Å². The normalized spacial score (nSPS) is 10.8. The maximum Gasteiger partial charge on any atom is 0.256 e. The van der Waals surface area contributed by atoms with E-state index in [9.17, 15) is 4.79 Å². The van der Waals surface area contributed by atoms with Crippen LogP contribution in [0.1, 0.15) is 33.6 Å². The highest BCUT2D eigenvalue weighted by molar-refractivity contribution is 7.99. The topological polar surface area (TPSA) is 46.9 Å². The summed E-state index contributed by atoms with van der Waals surface area (Å²) in [6.45, 7) is 5.02. The van der Waals surface area contributed by atoms with Gasteiger partial charge < -0.3 is 5.32 Å². The zero-order valence-electron chi connectivity index (χ0n) is 16.1. The molecule has 4 nitrogen and oxygen atoms in total. The largest absolute Gasteiger partial charge is 0.352 e. The van der Waals surface area contributed by atoms with Gasteiger partial charge in [-0.1, -0.05) is 59.6 Å². The molecule has 28 heavy (non-hydrogen) atoms. The van der Waals surface area contributed by atoms with Gasteiger partial charge >= 0.3 is 0 Å². The van der Waals surface area contributed by atoms with Crippen molar-refractivity contribution in [2.75, 3.05) is 12.3 Å². The van der Waals surface area contributed by atoms with Crippen molar-refractivity contribution in [3.63, 3.8) is 0 Å². The van der Waals surface area contributed by atoms with E-state index in [0.29, 0.717) is 29.5 Å². The van der Waals surface area contributed by atoms with Crippen LogP contribution < -0.4 is 5.32 Å². The molecular weight excluding hydrogens is 390 g/mol. The van der Waals surface area contributed by atoms with Crippen LogP contribution in [0, 0.1) is 13.8 Å². The van der Waals surface area contributed by atoms with Crippen molar-refractivity contribution in [2.45, 2.75) is 31.7 Å². The third-order valence-corrected chi connectivity index (χ3v) is 5.85.